The molecule has 166 valence electrons. The van der Waals surface area contributed by atoms with E-state index in [1.54, 1.807) is 11.8 Å². The molecule has 1 amide bonds. The molecule has 1 saturated heterocycles. The number of rotatable bonds is 6. The predicted octanol–water partition coefficient (Wildman–Crippen LogP) is 3.17. The lowest BCUT2D eigenvalue weighted by atomic mass is 10.1. The fraction of sp³-hybridized carbons (Fsp3) is 0.368. The summed E-state index contributed by atoms with van der Waals surface area (Å²) in [6, 6.07) is 5.86. The molecule has 1 aromatic heterocycles. The fourth-order valence-corrected chi connectivity index (χ4v) is 3.00. The van der Waals surface area contributed by atoms with Gasteiger partial charge in [0.15, 0.2) is 6.61 Å². The fourth-order valence-electron chi connectivity index (χ4n) is 3.00. The molecule has 0 aliphatic carbocycles. The predicted molar refractivity (Wildman–Crippen MR) is 104 cm³/mol. The molecular weight excluding hydrogens is 421 g/mol. The Labute approximate surface area is 174 Å². The molecule has 0 saturated carbocycles. The van der Waals surface area contributed by atoms with Gasteiger partial charge in [-0.15, -0.1) is 0 Å². The van der Waals surface area contributed by atoms with Crippen LogP contribution >= 0.6 is 0 Å². The maximum atomic E-state index is 13.2. The number of nitrogens with one attached hydrogen (secondary N) is 1. The second-order valence-electron chi connectivity index (χ2n) is 6.70. The van der Waals surface area contributed by atoms with Crippen LogP contribution in [0.2, 0.25) is 0 Å². The molecule has 12 heteroatoms. The summed E-state index contributed by atoms with van der Waals surface area (Å²) in [6.07, 6.45) is -4.59. The van der Waals surface area contributed by atoms with E-state index in [1.165, 1.54) is 18.2 Å². The van der Waals surface area contributed by atoms with Gasteiger partial charge in [0.1, 0.15) is 5.69 Å². The summed E-state index contributed by atoms with van der Waals surface area (Å²) in [6.45, 7) is 2.62. The summed E-state index contributed by atoms with van der Waals surface area (Å²) in [5, 5.41) is 13.5. The van der Waals surface area contributed by atoms with E-state index in [-0.39, 0.29) is 11.4 Å². The van der Waals surface area contributed by atoms with Gasteiger partial charge in [-0.3, -0.25) is 4.79 Å². The Hall–Kier alpha value is -3.41. The molecule has 9 nitrogen and oxygen atoms in total. The highest BCUT2D eigenvalue weighted by atomic mass is 19.4. The van der Waals surface area contributed by atoms with E-state index in [1.807, 2.05) is 0 Å². The number of benzene rings is 1. The number of aromatic nitrogens is 1. The highest BCUT2D eigenvalue weighted by Gasteiger charge is 2.32. The van der Waals surface area contributed by atoms with Crippen LogP contribution in [-0.4, -0.2) is 48.7 Å². The number of halogens is 3. The van der Waals surface area contributed by atoms with Crippen molar-refractivity contribution in [3.05, 3.63) is 51.7 Å². The second-order valence-corrected chi connectivity index (χ2v) is 6.70. The zero-order chi connectivity index (χ0) is 22.6. The lowest BCUT2D eigenvalue weighted by Crippen LogP contribution is -2.37. The number of pyridine rings is 1. The third-order valence-electron chi connectivity index (χ3n) is 4.46. The summed E-state index contributed by atoms with van der Waals surface area (Å²) in [7, 11) is 0. The topological polar surface area (TPSA) is 107 Å². The van der Waals surface area contributed by atoms with Crippen molar-refractivity contribution in [3.8, 4) is 5.75 Å². The van der Waals surface area contributed by atoms with Gasteiger partial charge in [-0.25, -0.2) is 0 Å². The van der Waals surface area contributed by atoms with Crippen molar-refractivity contribution in [3.63, 3.8) is 0 Å². The maximum absolute atomic E-state index is 13.2. The minimum atomic E-state index is -4.59. The molecule has 31 heavy (non-hydrogen) atoms. The first-order valence-electron chi connectivity index (χ1n) is 9.24. The van der Waals surface area contributed by atoms with Crippen LogP contribution in [0.25, 0.3) is 0 Å². The van der Waals surface area contributed by atoms with Crippen LogP contribution in [0.3, 0.4) is 0 Å². The Kier molecular flexibility index (Phi) is 6.59. The zero-order valence-corrected chi connectivity index (χ0v) is 16.4. The minimum absolute atomic E-state index is 0.0399. The van der Waals surface area contributed by atoms with Crippen LogP contribution < -0.4 is 15.0 Å². The number of alkyl halides is 3. The molecule has 0 bridgehead atoms. The molecule has 1 aliphatic heterocycles. The smallest absolute Gasteiger partial charge is 0.416 e. The zero-order valence-electron chi connectivity index (χ0n) is 16.4. The number of hydrogen-bond acceptors (Lipinski definition) is 7. The molecule has 2 heterocycles. The van der Waals surface area contributed by atoms with Crippen molar-refractivity contribution in [1.29, 1.82) is 0 Å². The Morgan fingerprint density at radius 2 is 2.00 bits per heavy atom. The standard InChI is InChI=1S/C19H19F3N4O5/c1-12-2-5-16(18(23-12)26(28)29)31-11-17(27)24-14-10-13(19(20,21)22)3-4-15(14)25-6-8-30-9-7-25/h2-5,10H,6-9,11H2,1H3,(H,24,27). The number of carbonyl (C=O) groups excluding carboxylic acids is 1. The van der Waals surface area contributed by atoms with Crippen molar-refractivity contribution in [2.24, 2.45) is 0 Å². The number of ether oxygens (including phenoxy) is 2. The van der Waals surface area contributed by atoms with Crippen molar-refractivity contribution in [2.75, 3.05) is 43.1 Å². The Morgan fingerprint density at radius 1 is 1.29 bits per heavy atom. The number of hydrogen-bond donors (Lipinski definition) is 1. The molecule has 0 atom stereocenters. The van der Waals surface area contributed by atoms with Gasteiger partial charge in [0.25, 0.3) is 5.91 Å². The van der Waals surface area contributed by atoms with Gasteiger partial charge in [0, 0.05) is 20.0 Å². The van der Waals surface area contributed by atoms with Crippen molar-refractivity contribution < 1.29 is 32.4 Å². The van der Waals surface area contributed by atoms with Gasteiger partial charge in [-0.1, -0.05) is 0 Å². The summed E-state index contributed by atoms with van der Waals surface area (Å²) in [4.78, 5) is 28.3. The summed E-state index contributed by atoms with van der Waals surface area (Å²) >= 11 is 0. The van der Waals surface area contributed by atoms with E-state index in [4.69, 9.17) is 9.47 Å². The number of amides is 1. The third kappa shape index (κ3) is 5.60. The molecule has 1 aromatic carbocycles. The molecule has 3 rings (SSSR count). The van der Waals surface area contributed by atoms with Crippen molar-refractivity contribution in [1.82, 2.24) is 4.98 Å². The minimum Gasteiger partial charge on any atom is -0.476 e. The van der Waals surface area contributed by atoms with Gasteiger partial charge in [-0.2, -0.15) is 13.2 Å². The number of nitro groups is 1. The Morgan fingerprint density at radius 3 is 2.65 bits per heavy atom. The average Bonchev–Trinajstić information content (AvgIpc) is 2.72. The van der Waals surface area contributed by atoms with Gasteiger partial charge in [0.05, 0.1) is 30.2 Å². The van der Waals surface area contributed by atoms with E-state index in [9.17, 15) is 28.1 Å². The number of carbonyl (C=O) groups is 1. The molecule has 0 unspecified atom stereocenters. The summed E-state index contributed by atoms with van der Waals surface area (Å²) in [5.41, 5.74) is -0.156. The van der Waals surface area contributed by atoms with Crippen LogP contribution in [0.5, 0.6) is 5.75 Å². The molecule has 2 aromatic rings. The SMILES string of the molecule is Cc1ccc(OCC(=O)Nc2cc(C(F)(F)F)ccc2N2CCOCC2)c([N+](=O)[O-])n1. The number of aryl methyl sites for hydroxylation is 1. The molecule has 0 spiro atoms. The van der Waals surface area contributed by atoms with E-state index < -0.39 is 35.0 Å². The normalized spacial score (nSPS) is 14.3. The van der Waals surface area contributed by atoms with Crippen molar-refractivity contribution >= 4 is 23.1 Å². The first-order valence-corrected chi connectivity index (χ1v) is 9.24. The molecule has 1 fully saturated rings. The highest BCUT2D eigenvalue weighted by molar-refractivity contribution is 5.95. The highest BCUT2D eigenvalue weighted by Crippen LogP contribution is 2.36. The molecule has 0 radical (unpaired) electrons. The van der Waals surface area contributed by atoms with E-state index in [0.717, 1.165) is 12.1 Å². The van der Waals surface area contributed by atoms with Crippen LogP contribution in [0, 0.1) is 17.0 Å². The summed E-state index contributed by atoms with van der Waals surface area (Å²) in [5.74, 6) is -1.55. The van der Waals surface area contributed by atoms with Crippen LogP contribution in [0.15, 0.2) is 30.3 Å². The van der Waals surface area contributed by atoms with E-state index in [2.05, 4.69) is 10.3 Å². The van der Waals surface area contributed by atoms with Crippen LogP contribution in [-0.2, 0) is 15.7 Å². The lowest BCUT2D eigenvalue weighted by molar-refractivity contribution is -0.390. The number of nitrogens with zero attached hydrogens (tertiary/aromatic N) is 3. The van der Waals surface area contributed by atoms with Gasteiger partial charge in [0.2, 0.25) is 5.75 Å². The van der Waals surface area contributed by atoms with E-state index >= 15 is 0 Å². The maximum Gasteiger partial charge on any atom is 0.416 e. The molecular formula is C19H19F3N4O5. The average molecular weight is 440 g/mol. The lowest BCUT2D eigenvalue weighted by Gasteiger charge is -2.31. The van der Waals surface area contributed by atoms with Crippen LogP contribution in [0.4, 0.5) is 30.4 Å². The van der Waals surface area contributed by atoms with Crippen LogP contribution in [0.1, 0.15) is 11.3 Å². The van der Waals surface area contributed by atoms with Gasteiger partial charge in [-0.05, 0) is 40.2 Å². The third-order valence-corrected chi connectivity index (χ3v) is 4.46. The quantitative estimate of drug-likeness (QED) is 0.543. The first-order chi connectivity index (χ1) is 14.6. The van der Waals surface area contributed by atoms with Gasteiger partial charge < -0.3 is 29.8 Å². The van der Waals surface area contributed by atoms with Crippen molar-refractivity contribution in [2.45, 2.75) is 13.1 Å². The monoisotopic (exact) mass is 440 g/mol. The number of morpholine rings is 1. The van der Waals surface area contributed by atoms with Gasteiger partial charge >= 0.3 is 12.0 Å². The Balaban J connectivity index is 1.79. The first kappa shape index (κ1) is 22.3. The summed E-state index contributed by atoms with van der Waals surface area (Å²) < 4.78 is 49.9. The van der Waals surface area contributed by atoms with E-state index in [0.29, 0.717) is 37.7 Å². The largest absolute Gasteiger partial charge is 0.476 e. The number of anilines is 2. The molecule has 1 N–H and O–H groups in total. The second kappa shape index (κ2) is 9.16. The molecule has 1 aliphatic rings. The Bertz CT molecular complexity index is 978.